The van der Waals surface area contributed by atoms with E-state index in [1.165, 1.54) is 0 Å². The van der Waals surface area contributed by atoms with Gasteiger partial charge in [-0.1, -0.05) is 24.3 Å². The number of nitrogens with one attached hydrogen (secondary N) is 2. The van der Waals surface area contributed by atoms with Crippen LogP contribution in [0.3, 0.4) is 0 Å². The summed E-state index contributed by atoms with van der Waals surface area (Å²) in [7, 11) is 0. The van der Waals surface area contributed by atoms with Gasteiger partial charge in [-0.3, -0.25) is 4.98 Å². The second-order valence-electron chi connectivity index (χ2n) is 4.76. The van der Waals surface area contributed by atoms with Gasteiger partial charge in [-0.25, -0.2) is 0 Å². The second kappa shape index (κ2) is 7.38. The normalized spacial score (nSPS) is 9.91. The summed E-state index contributed by atoms with van der Waals surface area (Å²) in [4.78, 5) is 4.04. The highest BCUT2D eigenvalue weighted by Gasteiger charge is 2.02. The Bertz CT molecular complexity index is 779. The number of nitrogens with zero attached hydrogens (tertiary/aromatic N) is 1. The second-order valence-corrected chi connectivity index (χ2v) is 5.17. The first-order valence-corrected chi connectivity index (χ1v) is 7.51. The van der Waals surface area contributed by atoms with Gasteiger partial charge in [-0.15, -0.1) is 0 Å². The highest BCUT2D eigenvalue weighted by Crippen LogP contribution is 2.23. The van der Waals surface area contributed by atoms with Gasteiger partial charge >= 0.3 is 0 Å². The molecule has 0 spiro atoms. The molecule has 3 aromatic rings. The minimum absolute atomic E-state index is 0.495. The lowest BCUT2D eigenvalue weighted by Crippen LogP contribution is -2.19. The molecule has 0 saturated heterocycles. The number of hydrogen-bond donors (Lipinski definition) is 2. The third kappa shape index (κ3) is 4.52. The predicted octanol–water partition coefficient (Wildman–Crippen LogP) is 4.68. The molecule has 4 nitrogen and oxygen atoms in total. The van der Waals surface area contributed by atoms with E-state index in [0.717, 1.165) is 22.9 Å². The molecule has 0 unspecified atom stereocenters. The smallest absolute Gasteiger partial charge is 0.175 e. The fraction of sp³-hybridized carbons (Fsp3) is 0. The molecule has 0 amide bonds. The molecule has 3 rings (SSSR count). The number of anilines is 2. The van der Waals surface area contributed by atoms with Crippen molar-refractivity contribution in [3.63, 3.8) is 0 Å². The Hall–Kier alpha value is -2.92. The molecule has 5 heteroatoms. The number of ether oxygens (including phenoxy) is 1. The van der Waals surface area contributed by atoms with Gasteiger partial charge in [0.1, 0.15) is 11.5 Å². The summed E-state index contributed by atoms with van der Waals surface area (Å²) < 4.78 is 5.81. The molecule has 0 aliphatic carbocycles. The van der Waals surface area contributed by atoms with Crippen molar-refractivity contribution in [1.82, 2.24) is 4.98 Å². The van der Waals surface area contributed by atoms with Crippen LogP contribution in [-0.2, 0) is 0 Å². The van der Waals surface area contributed by atoms with E-state index in [0.29, 0.717) is 5.11 Å². The van der Waals surface area contributed by atoms with E-state index in [2.05, 4.69) is 15.6 Å². The largest absolute Gasteiger partial charge is 0.457 e. The molecule has 2 aromatic carbocycles. The van der Waals surface area contributed by atoms with Crippen molar-refractivity contribution in [2.75, 3.05) is 10.6 Å². The van der Waals surface area contributed by atoms with Crippen molar-refractivity contribution in [3.8, 4) is 11.5 Å². The lowest BCUT2D eigenvalue weighted by atomic mass is 10.3. The van der Waals surface area contributed by atoms with Gasteiger partial charge in [0.2, 0.25) is 0 Å². The maximum absolute atomic E-state index is 5.81. The Morgan fingerprint density at radius 3 is 2.35 bits per heavy atom. The highest BCUT2D eigenvalue weighted by molar-refractivity contribution is 7.80. The van der Waals surface area contributed by atoms with E-state index < -0.39 is 0 Å². The van der Waals surface area contributed by atoms with E-state index in [9.17, 15) is 0 Å². The first-order chi connectivity index (χ1) is 11.3. The summed E-state index contributed by atoms with van der Waals surface area (Å²) in [6, 6.07) is 21.0. The maximum Gasteiger partial charge on any atom is 0.175 e. The zero-order valence-electron chi connectivity index (χ0n) is 12.3. The standard InChI is InChI=1S/C18H15N3OS/c23-18(21-15-7-5-11-19-13-15)20-14-6-4-10-17(12-14)22-16-8-2-1-3-9-16/h1-13H,(H2,20,21,23). The minimum atomic E-state index is 0.495. The fourth-order valence-corrected chi connectivity index (χ4v) is 2.23. The van der Waals surface area contributed by atoms with Crippen LogP contribution < -0.4 is 15.4 Å². The summed E-state index contributed by atoms with van der Waals surface area (Å²) in [6.45, 7) is 0. The Labute approximate surface area is 140 Å². The monoisotopic (exact) mass is 321 g/mol. The van der Waals surface area contributed by atoms with E-state index in [4.69, 9.17) is 17.0 Å². The Balaban J connectivity index is 1.64. The summed E-state index contributed by atoms with van der Waals surface area (Å²) in [5, 5.41) is 6.70. The van der Waals surface area contributed by atoms with E-state index in [-0.39, 0.29) is 0 Å². The molecule has 0 radical (unpaired) electrons. The highest BCUT2D eigenvalue weighted by atomic mass is 32.1. The molecule has 1 aromatic heterocycles. The zero-order valence-corrected chi connectivity index (χ0v) is 13.1. The number of benzene rings is 2. The van der Waals surface area contributed by atoms with Crippen LogP contribution >= 0.6 is 12.2 Å². The van der Waals surface area contributed by atoms with Gasteiger partial charge in [-0.05, 0) is 48.6 Å². The minimum Gasteiger partial charge on any atom is -0.457 e. The molecule has 1 heterocycles. The lowest BCUT2D eigenvalue weighted by Gasteiger charge is -2.11. The molecule has 0 fully saturated rings. The van der Waals surface area contributed by atoms with Gasteiger partial charge in [0.25, 0.3) is 0 Å². The number of aromatic nitrogens is 1. The number of hydrogen-bond acceptors (Lipinski definition) is 3. The Morgan fingerprint density at radius 2 is 1.57 bits per heavy atom. The fourth-order valence-electron chi connectivity index (χ4n) is 1.99. The Morgan fingerprint density at radius 1 is 0.826 bits per heavy atom. The number of para-hydroxylation sites is 1. The molecular formula is C18H15N3OS. The summed E-state index contributed by atoms with van der Waals surface area (Å²) >= 11 is 5.30. The van der Waals surface area contributed by atoms with E-state index in [1.807, 2.05) is 66.7 Å². The SMILES string of the molecule is S=C(Nc1cccnc1)Nc1cccc(Oc2ccccc2)c1. The van der Waals surface area contributed by atoms with E-state index in [1.54, 1.807) is 12.4 Å². The third-order valence-electron chi connectivity index (χ3n) is 2.99. The van der Waals surface area contributed by atoms with Crippen molar-refractivity contribution in [2.24, 2.45) is 0 Å². The quantitative estimate of drug-likeness (QED) is 0.683. The molecule has 0 aliphatic heterocycles. The van der Waals surface area contributed by atoms with Crippen LogP contribution in [0.5, 0.6) is 11.5 Å². The van der Waals surface area contributed by atoms with Gasteiger partial charge in [0, 0.05) is 18.0 Å². The molecule has 0 atom stereocenters. The van der Waals surface area contributed by atoms with Crippen LogP contribution in [0.15, 0.2) is 79.1 Å². The third-order valence-corrected chi connectivity index (χ3v) is 3.19. The van der Waals surface area contributed by atoms with Crippen LogP contribution in [0.25, 0.3) is 0 Å². The van der Waals surface area contributed by atoms with Crippen molar-refractivity contribution in [1.29, 1.82) is 0 Å². The summed E-state index contributed by atoms with van der Waals surface area (Å²) in [6.07, 6.45) is 3.43. The van der Waals surface area contributed by atoms with Crippen LogP contribution in [0.4, 0.5) is 11.4 Å². The first kappa shape index (κ1) is 15.0. The van der Waals surface area contributed by atoms with Crippen LogP contribution in [-0.4, -0.2) is 10.1 Å². The number of pyridine rings is 1. The molecule has 23 heavy (non-hydrogen) atoms. The van der Waals surface area contributed by atoms with E-state index >= 15 is 0 Å². The molecule has 0 bridgehead atoms. The first-order valence-electron chi connectivity index (χ1n) is 7.10. The zero-order chi connectivity index (χ0) is 15.9. The molecular weight excluding hydrogens is 306 g/mol. The van der Waals surface area contributed by atoms with Crippen molar-refractivity contribution in [3.05, 3.63) is 79.1 Å². The van der Waals surface area contributed by atoms with Crippen LogP contribution in [0.2, 0.25) is 0 Å². The topological polar surface area (TPSA) is 46.2 Å². The molecule has 0 saturated carbocycles. The van der Waals surface area contributed by atoms with Gasteiger partial charge < -0.3 is 15.4 Å². The average Bonchev–Trinajstić information content (AvgIpc) is 2.57. The van der Waals surface area contributed by atoms with Crippen LogP contribution in [0, 0.1) is 0 Å². The van der Waals surface area contributed by atoms with Crippen molar-refractivity contribution >= 4 is 28.7 Å². The van der Waals surface area contributed by atoms with Gasteiger partial charge in [0.15, 0.2) is 5.11 Å². The molecule has 114 valence electrons. The maximum atomic E-state index is 5.81. The van der Waals surface area contributed by atoms with Crippen molar-refractivity contribution < 1.29 is 4.74 Å². The summed E-state index contributed by atoms with van der Waals surface area (Å²) in [5.41, 5.74) is 1.68. The molecule has 2 N–H and O–H groups in total. The lowest BCUT2D eigenvalue weighted by molar-refractivity contribution is 0.483. The van der Waals surface area contributed by atoms with Crippen LogP contribution in [0.1, 0.15) is 0 Å². The molecule has 0 aliphatic rings. The summed E-state index contributed by atoms with van der Waals surface area (Å²) in [5.74, 6) is 1.53. The van der Waals surface area contributed by atoms with Gasteiger partial charge in [-0.2, -0.15) is 0 Å². The number of thiocarbonyl (C=S) groups is 1. The van der Waals surface area contributed by atoms with Crippen molar-refractivity contribution in [2.45, 2.75) is 0 Å². The Kier molecular flexibility index (Phi) is 4.81. The predicted molar refractivity (Wildman–Crippen MR) is 97.0 cm³/mol. The average molecular weight is 321 g/mol. The number of rotatable bonds is 4. The van der Waals surface area contributed by atoms with Gasteiger partial charge in [0.05, 0.1) is 11.9 Å².